The molecule has 2 atom stereocenters. The molecule has 1 N–H and O–H groups in total. The number of morpholine rings is 1. The molecule has 1 aliphatic carbocycles. The van der Waals surface area contributed by atoms with Crippen molar-refractivity contribution in [1.29, 1.82) is 0 Å². The number of alkyl halides is 2. The van der Waals surface area contributed by atoms with Crippen LogP contribution in [0, 0.1) is 0 Å². The Balaban J connectivity index is 1.65. The smallest absolute Gasteiger partial charge is 0.291 e. The fourth-order valence-electron chi connectivity index (χ4n) is 4.10. The lowest BCUT2D eigenvalue weighted by molar-refractivity contribution is -0.0225. The van der Waals surface area contributed by atoms with E-state index in [-0.39, 0.29) is 22.0 Å². The molecule has 0 radical (unpaired) electrons. The number of fused-ring (bicyclic) bond motifs is 1. The number of rotatable bonds is 8. The molecule has 0 aromatic carbocycles. The third kappa shape index (κ3) is 4.77. The first kappa shape index (κ1) is 24.4. The van der Waals surface area contributed by atoms with Crippen LogP contribution in [0.4, 0.5) is 14.6 Å². The zero-order valence-electron chi connectivity index (χ0n) is 19.4. The molecule has 0 amide bonds. The van der Waals surface area contributed by atoms with Crippen molar-refractivity contribution in [2.45, 2.75) is 55.7 Å². The summed E-state index contributed by atoms with van der Waals surface area (Å²) in [5.41, 5.74) is 0.401. The molecule has 1 saturated carbocycles. The lowest BCUT2D eigenvalue weighted by Gasteiger charge is -2.39. The molecule has 0 bridgehead atoms. The van der Waals surface area contributed by atoms with Gasteiger partial charge >= 0.3 is 0 Å². The van der Waals surface area contributed by atoms with Crippen molar-refractivity contribution in [3.05, 3.63) is 23.3 Å². The third-order valence-electron chi connectivity index (χ3n) is 6.27. The average molecular weight is 529 g/mol. The highest BCUT2D eigenvalue weighted by atomic mass is 32.2. The minimum absolute atomic E-state index is 0.0652. The standard InChI is InChI=1S/C21H26F2N6O4S2/c1-12-10-33-13(11-32-3)9-28(12)17-7-14(35(30,31)27-21(2)4-5-21)6-16-15(8-24-29(16)17)19-25-26-20(34-19)18(22)23/h6-8,12-13,18,27H,4-5,9-11H2,1-3H3/t12-,13+/m0/s1. The topological polar surface area (TPSA) is 111 Å². The molecule has 2 aliphatic rings. The van der Waals surface area contributed by atoms with Crippen LogP contribution in [-0.2, 0) is 19.5 Å². The molecule has 190 valence electrons. The summed E-state index contributed by atoms with van der Waals surface area (Å²) in [6.45, 7) is 5.10. The van der Waals surface area contributed by atoms with Crippen LogP contribution >= 0.6 is 11.3 Å². The van der Waals surface area contributed by atoms with Gasteiger partial charge < -0.3 is 14.4 Å². The van der Waals surface area contributed by atoms with Crippen LogP contribution in [0.3, 0.4) is 0 Å². The molecule has 3 aromatic heterocycles. The minimum Gasteiger partial charge on any atom is -0.382 e. The Morgan fingerprint density at radius 2 is 2.11 bits per heavy atom. The first-order chi connectivity index (χ1) is 16.6. The quantitative estimate of drug-likeness (QED) is 0.475. The first-order valence-corrected chi connectivity index (χ1v) is 13.4. The molecule has 1 aliphatic heterocycles. The van der Waals surface area contributed by atoms with E-state index in [1.54, 1.807) is 17.7 Å². The van der Waals surface area contributed by atoms with Crippen LogP contribution in [0.15, 0.2) is 23.2 Å². The lowest BCUT2D eigenvalue weighted by Crippen LogP contribution is -2.50. The molecule has 35 heavy (non-hydrogen) atoms. The van der Waals surface area contributed by atoms with Gasteiger partial charge in [0.2, 0.25) is 10.0 Å². The number of halogens is 2. The van der Waals surface area contributed by atoms with E-state index in [4.69, 9.17) is 9.47 Å². The molecular formula is C21H26F2N6O4S2. The molecular weight excluding hydrogens is 502 g/mol. The minimum atomic E-state index is -3.86. The molecule has 4 heterocycles. The summed E-state index contributed by atoms with van der Waals surface area (Å²) >= 11 is 0.755. The molecule has 2 fully saturated rings. The zero-order chi connectivity index (χ0) is 25.0. The number of nitrogens with zero attached hydrogens (tertiary/aromatic N) is 5. The van der Waals surface area contributed by atoms with Crippen molar-refractivity contribution in [3.8, 4) is 10.6 Å². The highest BCUT2D eigenvalue weighted by Crippen LogP contribution is 2.38. The van der Waals surface area contributed by atoms with Gasteiger partial charge in [-0.25, -0.2) is 26.4 Å². The van der Waals surface area contributed by atoms with Crippen molar-refractivity contribution in [2.75, 3.05) is 31.8 Å². The van der Waals surface area contributed by atoms with Crippen LogP contribution in [-0.4, -0.2) is 72.8 Å². The second kappa shape index (κ2) is 9.00. The number of sulfonamides is 1. The number of methoxy groups -OCH3 is 1. The summed E-state index contributed by atoms with van der Waals surface area (Å²) in [5, 5.41) is 11.8. The predicted molar refractivity (Wildman–Crippen MR) is 125 cm³/mol. The summed E-state index contributed by atoms with van der Waals surface area (Å²) in [7, 11) is -2.27. The van der Waals surface area contributed by atoms with E-state index in [0.717, 1.165) is 24.2 Å². The Kier molecular flexibility index (Phi) is 6.28. The number of hydrogen-bond donors (Lipinski definition) is 1. The number of hydrogen-bond acceptors (Lipinski definition) is 9. The summed E-state index contributed by atoms with van der Waals surface area (Å²) in [6, 6.07) is 3.02. The molecule has 0 unspecified atom stereocenters. The van der Waals surface area contributed by atoms with Gasteiger partial charge in [0.25, 0.3) is 6.43 Å². The number of anilines is 1. The zero-order valence-corrected chi connectivity index (χ0v) is 21.1. The van der Waals surface area contributed by atoms with E-state index in [2.05, 4.69) is 20.0 Å². The second-order valence-electron chi connectivity index (χ2n) is 9.23. The average Bonchev–Trinajstić information content (AvgIpc) is 3.18. The van der Waals surface area contributed by atoms with Gasteiger partial charge in [-0.15, -0.1) is 10.2 Å². The molecule has 1 saturated heterocycles. The molecule has 10 nitrogen and oxygen atoms in total. The number of pyridine rings is 1. The first-order valence-electron chi connectivity index (χ1n) is 11.1. The van der Waals surface area contributed by atoms with Crippen molar-refractivity contribution in [1.82, 2.24) is 24.5 Å². The lowest BCUT2D eigenvalue weighted by atomic mass is 10.2. The third-order valence-corrected chi connectivity index (χ3v) is 8.86. The summed E-state index contributed by atoms with van der Waals surface area (Å²) in [6.07, 6.45) is 0.0734. The fourth-order valence-corrected chi connectivity index (χ4v) is 6.31. The molecule has 0 spiro atoms. The Labute approximate surface area is 205 Å². The van der Waals surface area contributed by atoms with Crippen molar-refractivity contribution in [3.63, 3.8) is 0 Å². The summed E-state index contributed by atoms with van der Waals surface area (Å²) in [4.78, 5) is 2.09. The van der Waals surface area contributed by atoms with Crippen LogP contribution in [0.25, 0.3) is 16.1 Å². The molecule has 5 rings (SSSR count). The Morgan fingerprint density at radius 3 is 2.77 bits per heavy atom. The Bertz CT molecular complexity index is 1340. The van der Waals surface area contributed by atoms with E-state index in [0.29, 0.717) is 36.7 Å². The maximum Gasteiger partial charge on any atom is 0.291 e. The van der Waals surface area contributed by atoms with Gasteiger partial charge in [-0.2, -0.15) is 5.10 Å². The number of nitrogens with one attached hydrogen (secondary N) is 1. The maximum absolute atomic E-state index is 13.3. The van der Waals surface area contributed by atoms with Crippen molar-refractivity contribution < 1.29 is 26.7 Å². The van der Waals surface area contributed by atoms with Crippen LogP contribution in [0.2, 0.25) is 0 Å². The second-order valence-corrected chi connectivity index (χ2v) is 11.9. The van der Waals surface area contributed by atoms with E-state index in [1.165, 1.54) is 12.3 Å². The van der Waals surface area contributed by atoms with Gasteiger partial charge in [0.05, 0.1) is 47.5 Å². The van der Waals surface area contributed by atoms with E-state index in [9.17, 15) is 17.2 Å². The van der Waals surface area contributed by atoms with Gasteiger partial charge in [-0.1, -0.05) is 11.3 Å². The number of ether oxygens (including phenoxy) is 2. The van der Waals surface area contributed by atoms with Crippen LogP contribution in [0.5, 0.6) is 0 Å². The molecule has 3 aromatic rings. The maximum atomic E-state index is 13.3. The van der Waals surface area contributed by atoms with Crippen molar-refractivity contribution >= 4 is 32.7 Å². The highest BCUT2D eigenvalue weighted by molar-refractivity contribution is 7.89. The largest absolute Gasteiger partial charge is 0.382 e. The summed E-state index contributed by atoms with van der Waals surface area (Å²) < 4.78 is 68.5. The SMILES string of the molecule is COC[C@H]1CN(c2cc(S(=O)(=O)NC3(C)CC3)cc3c(-c4nnc(C(F)F)s4)cnn23)[C@@H](C)CO1. The van der Waals surface area contributed by atoms with Gasteiger partial charge in [0, 0.05) is 25.3 Å². The predicted octanol–water partition coefficient (Wildman–Crippen LogP) is 2.86. The summed E-state index contributed by atoms with van der Waals surface area (Å²) in [5.74, 6) is 0.547. The monoisotopic (exact) mass is 528 g/mol. The highest BCUT2D eigenvalue weighted by Gasteiger charge is 2.41. The van der Waals surface area contributed by atoms with Crippen molar-refractivity contribution in [2.24, 2.45) is 0 Å². The number of aromatic nitrogens is 4. The fraction of sp³-hybridized carbons (Fsp3) is 0.571. The van der Waals surface area contributed by atoms with Gasteiger partial charge in [0.1, 0.15) is 5.82 Å². The van der Waals surface area contributed by atoms with Gasteiger partial charge in [-0.3, -0.25) is 0 Å². The van der Waals surface area contributed by atoms with Gasteiger partial charge in [0.15, 0.2) is 10.0 Å². The van der Waals surface area contributed by atoms with Gasteiger partial charge in [-0.05, 0) is 32.8 Å². The van der Waals surface area contributed by atoms with E-state index in [1.807, 2.05) is 18.7 Å². The van der Waals surface area contributed by atoms with E-state index < -0.39 is 27.0 Å². The van der Waals surface area contributed by atoms with E-state index >= 15 is 0 Å². The Morgan fingerprint density at radius 1 is 1.34 bits per heavy atom. The molecule has 14 heteroatoms. The Hall–Kier alpha value is -2.26. The van der Waals surface area contributed by atoms with Crippen LogP contribution in [0.1, 0.15) is 38.1 Å². The van der Waals surface area contributed by atoms with Crippen LogP contribution < -0.4 is 9.62 Å². The normalized spacial score (nSPS) is 22.3.